The Bertz CT molecular complexity index is 1030. The summed E-state index contributed by atoms with van der Waals surface area (Å²) in [6.45, 7) is 6.22. The number of hydrogen-bond donors (Lipinski definition) is 2. The Morgan fingerprint density at radius 3 is 2.66 bits per heavy atom. The summed E-state index contributed by atoms with van der Waals surface area (Å²) in [5.41, 5.74) is 9.41. The van der Waals surface area contributed by atoms with E-state index in [1.54, 1.807) is 6.21 Å². The molecule has 0 spiro atoms. The van der Waals surface area contributed by atoms with E-state index in [0.29, 0.717) is 5.69 Å². The number of carbonyl (C=O) groups excluding carboxylic acids is 1. The van der Waals surface area contributed by atoms with Crippen molar-refractivity contribution in [2.75, 3.05) is 18.0 Å². The molecule has 0 saturated heterocycles. The van der Waals surface area contributed by atoms with Gasteiger partial charge < -0.3 is 4.90 Å². The molecule has 2 aromatic carbocycles. The average Bonchev–Trinajstić information content (AvgIpc) is 3.20. The Labute approximate surface area is 170 Å². The third-order valence-electron chi connectivity index (χ3n) is 5.41. The zero-order chi connectivity index (χ0) is 20.2. The minimum Gasteiger partial charge on any atom is -0.372 e. The normalized spacial score (nSPS) is 12.5. The lowest BCUT2D eigenvalue weighted by atomic mass is 9.89. The van der Waals surface area contributed by atoms with E-state index in [1.807, 2.05) is 24.3 Å². The largest absolute Gasteiger partial charge is 0.372 e. The number of aryl methyl sites for hydroxylation is 1. The number of fused-ring (bicyclic) bond motifs is 3. The van der Waals surface area contributed by atoms with Gasteiger partial charge in [0.05, 0.1) is 11.9 Å². The molecule has 6 heteroatoms. The molecule has 0 fully saturated rings. The van der Waals surface area contributed by atoms with Gasteiger partial charge in [-0.1, -0.05) is 36.4 Å². The summed E-state index contributed by atoms with van der Waals surface area (Å²) in [4.78, 5) is 14.9. The van der Waals surface area contributed by atoms with Crippen molar-refractivity contribution in [1.82, 2.24) is 15.6 Å². The lowest BCUT2D eigenvalue weighted by Gasteiger charge is -2.20. The van der Waals surface area contributed by atoms with Gasteiger partial charge in [0.1, 0.15) is 5.69 Å². The van der Waals surface area contributed by atoms with Gasteiger partial charge in [-0.3, -0.25) is 9.89 Å². The van der Waals surface area contributed by atoms with Crippen LogP contribution in [0.4, 0.5) is 5.69 Å². The number of nitrogens with zero attached hydrogens (tertiary/aromatic N) is 3. The van der Waals surface area contributed by atoms with Crippen molar-refractivity contribution in [3.8, 4) is 11.3 Å². The summed E-state index contributed by atoms with van der Waals surface area (Å²) >= 11 is 0. The van der Waals surface area contributed by atoms with Crippen molar-refractivity contribution < 1.29 is 4.79 Å². The molecule has 6 nitrogen and oxygen atoms in total. The molecule has 2 N–H and O–H groups in total. The highest BCUT2D eigenvalue weighted by Gasteiger charge is 2.24. The first kappa shape index (κ1) is 18.9. The second-order valence-corrected chi connectivity index (χ2v) is 7.05. The molecule has 3 aromatic rings. The van der Waals surface area contributed by atoms with Crippen molar-refractivity contribution in [1.29, 1.82) is 0 Å². The van der Waals surface area contributed by atoms with E-state index in [-0.39, 0.29) is 5.91 Å². The van der Waals surface area contributed by atoms with Gasteiger partial charge in [0, 0.05) is 29.9 Å². The first-order chi connectivity index (χ1) is 14.2. The van der Waals surface area contributed by atoms with Crippen molar-refractivity contribution in [3.63, 3.8) is 0 Å². The SMILES string of the molecule is CCN(CC)c1ccc(/C=N\NC(=O)c2[nH]nc3c2CCc2ccccc2-3)cc1. The van der Waals surface area contributed by atoms with Crippen molar-refractivity contribution in [2.45, 2.75) is 26.7 Å². The predicted molar refractivity (Wildman–Crippen MR) is 116 cm³/mol. The molecule has 0 bridgehead atoms. The predicted octanol–water partition coefficient (Wildman–Crippen LogP) is 3.79. The van der Waals surface area contributed by atoms with Crippen molar-refractivity contribution in [3.05, 3.63) is 70.9 Å². The van der Waals surface area contributed by atoms with Crippen LogP contribution in [0.2, 0.25) is 0 Å². The van der Waals surface area contributed by atoms with Gasteiger partial charge in [0.25, 0.3) is 5.91 Å². The van der Waals surface area contributed by atoms with Crippen LogP contribution in [0.1, 0.15) is 41.0 Å². The fraction of sp³-hybridized carbons (Fsp3) is 0.261. The molecule has 1 heterocycles. The third kappa shape index (κ3) is 3.78. The summed E-state index contributed by atoms with van der Waals surface area (Å²) in [6, 6.07) is 16.3. The second kappa shape index (κ2) is 8.31. The smallest absolute Gasteiger partial charge is 0.289 e. The molecule has 0 atom stereocenters. The molecule has 1 amide bonds. The van der Waals surface area contributed by atoms with E-state index in [9.17, 15) is 4.79 Å². The van der Waals surface area contributed by atoms with Gasteiger partial charge in [-0.05, 0) is 49.9 Å². The standard InChI is InChI=1S/C23H25N5O/c1-3-28(4-2)18-12-9-16(10-13-18)15-24-27-23(29)22-20-14-11-17-7-5-6-8-19(17)21(20)25-26-22/h5-10,12-13,15H,3-4,11,14H2,1-2H3,(H,25,26)(H,27,29)/b24-15-. The monoisotopic (exact) mass is 387 g/mol. The molecule has 0 saturated carbocycles. The summed E-state index contributed by atoms with van der Waals surface area (Å²) in [6.07, 6.45) is 3.36. The fourth-order valence-electron chi connectivity index (χ4n) is 3.83. The molecule has 4 rings (SSSR count). The molecule has 0 radical (unpaired) electrons. The fourth-order valence-corrected chi connectivity index (χ4v) is 3.83. The highest BCUT2D eigenvalue weighted by molar-refractivity contribution is 5.96. The number of rotatable bonds is 6. The number of benzene rings is 2. The second-order valence-electron chi connectivity index (χ2n) is 7.05. The lowest BCUT2D eigenvalue weighted by Crippen LogP contribution is -2.21. The maximum atomic E-state index is 12.6. The number of anilines is 1. The molecule has 1 aromatic heterocycles. The zero-order valence-electron chi connectivity index (χ0n) is 16.8. The van der Waals surface area contributed by atoms with Crippen LogP contribution in [-0.4, -0.2) is 35.4 Å². The Hall–Kier alpha value is -3.41. The van der Waals surface area contributed by atoms with Crippen LogP contribution in [0.25, 0.3) is 11.3 Å². The van der Waals surface area contributed by atoms with E-state index in [2.05, 4.69) is 63.7 Å². The minimum atomic E-state index is -0.269. The highest BCUT2D eigenvalue weighted by atomic mass is 16.2. The van der Waals surface area contributed by atoms with Crippen LogP contribution in [0.15, 0.2) is 53.6 Å². The average molecular weight is 387 g/mol. The maximum absolute atomic E-state index is 12.6. The third-order valence-corrected chi connectivity index (χ3v) is 5.41. The molecule has 0 unspecified atom stereocenters. The van der Waals surface area contributed by atoms with Gasteiger partial charge in [0.2, 0.25) is 0 Å². The number of hydrogen-bond acceptors (Lipinski definition) is 4. The van der Waals surface area contributed by atoms with Crippen LogP contribution in [0.5, 0.6) is 0 Å². The Balaban J connectivity index is 1.44. The Kier molecular flexibility index (Phi) is 5.42. The molecular formula is C23H25N5O. The highest BCUT2D eigenvalue weighted by Crippen LogP contribution is 2.33. The number of nitrogens with one attached hydrogen (secondary N) is 2. The van der Waals surface area contributed by atoms with E-state index < -0.39 is 0 Å². The van der Waals surface area contributed by atoms with Crippen LogP contribution in [0.3, 0.4) is 0 Å². The van der Waals surface area contributed by atoms with Gasteiger partial charge in [-0.25, -0.2) is 5.43 Å². The van der Waals surface area contributed by atoms with E-state index in [1.165, 1.54) is 11.3 Å². The van der Waals surface area contributed by atoms with Gasteiger partial charge in [-0.15, -0.1) is 0 Å². The van der Waals surface area contributed by atoms with Crippen molar-refractivity contribution >= 4 is 17.8 Å². The lowest BCUT2D eigenvalue weighted by molar-refractivity contribution is 0.0949. The van der Waals surface area contributed by atoms with Crippen molar-refractivity contribution in [2.24, 2.45) is 5.10 Å². The number of hydrazone groups is 1. The number of aromatic nitrogens is 2. The minimum absolute atomic E-state index is 0.269. The Morgan fingerprint density at radius 2 is 1.90 bits per heavy atom. The first-order valence-corrected chi connectivity index (χ1v) is 10.0. The molecule has 1 aliphatic rings. The Morgan fingerprint density at radius 1 is 1.14 bits per heavy atom. The molecule has 29 heavy (non-hydrogen) atoms. The van der Waals surface area contributed by atoms with E-state index in [4.69, 9.17) is 0 Å². The van der Waals surface area contributed by atoms with Gasteiger partial charge in [0.15, 0.2) is 0 Å². The molecule has 0 aliphatic heterocycles. The number of H-pyrrole nitrogens is 1. The summed E-state index contributed by atoms with van der Waals surface area (Å²) in [5.74, 6) is -0.269. The van der Waals surface area contributed by atoms with E-state index in [0.717, 1.165) is 48.3 Å². The molecule has 148 valence electrons. The number of amides is 1. The van der Waals surface area contributed by atoms with Crippen LogP contribution < -0.4 is 10.3 Å². The topological polar surface area (TPSA) is 73.4 Å². The summed E-state index contributed by atoms with van der Waals surface area (Å²) in [5, 5.41) is 11.4. The van der Waals surface area contributed by atoms with E-state index >= 15 is 0 Å². The van der Waals surface area contributed by atoms with Gasteiger partial charge in [-0.2, -0.15) is 10.2 Å². The number of aromatic amines is 1. The maximum Gasteiger partial charge on any atom is 0.289 e. The van der Waals surface area contributed by atoms with Crippen LogP contribution in [0, 0.1) is 0 Å². The molecular weight excluding hydrogens is 362 g/mol. The van der Waals surface area contributed by atoms with Crippen LogP contribution in [-0.2, 0) is 12.8 Å². The first-order valence-electron chi connectivity index (χ1n) is 10.0. The summed E-state index contributed by atoms with van der Waals surface area (Å²) < 4.78 is 0. The van der Waals surface area contributed by atoms with Gasteiger partial charge >= 0.3 is 0 Å². The molecule has 1 aliphatic carbocycles. The quantitative estimate of drug-likeness (QED) is 0.499. The number of carbonyl (C=O) groups is 1. The van der Waals surface area contributed by atoms with Crippen LogP contribution >= 0.6 is 0 Å². The zero-order valence-corrected chi connectivity index (χ0v) is 16.8. The summed E-state index contributed by atoms with van der Waals surface area (Å²) in [7, 11) is 0.